The lowest BCUT2D eigenvalue weighted by Gasteiger charge is -2.31. The highest BCUT2D eigenvalue weighted by Crippen LogP contribution is 2.23. The molecule has 0 fully saturated rings. The van der Waals surface area contributed by atoms with E-state index in [1.807, 2.05) is 20.8 Å². The Morgan fingerprint density at radius 2 is 1.95 bits per heavy atom. The second-order valence-corrected chi connectivity index (χ2v) is 5.96. The van der Waals surface area contributed by atoms with Gasteiger partial charge in [0.05, 0.1) is 0 Å². The summed E-state index contributed by atoms with van der Waals surface area (Å²) in [5, 5.41) is 11.6. The summed E-state index contributed by atoms with van der Waals surface area (Å²) in [4.78, 5) is 12.1. The van der Waals surface area contributed by atoms with E-state index in [4.69, 9.17) is 5.11 Å². The predicted molar refractivity (Wildman–Crippen MR) is 73.5 cm³/mol. The molecule has 0 aliphatic heterocycles. The smallest absolute Gasteiger partial charge is 0.257 e. The number of aryl methyl sites for hydroxylation is 1. The molecule has 1 aromatic carbocycles. The van der Waals surface area contributed by atoms with Crippen molar-refractivity contribution in [2.45, 2.75) is 40.2 Å². The molecular formula is C15H21F2NO2. The molecule has 0 heterocycles. The van der Waals surface area contributed by atoms with Gasteiger partial charge in [-0.25, -0.2) is 8.78 Å². The molecule has 112 valence electrons. The highest BCUT2D eigenvalue weighted by molar-refractivity contribution is 5.95. The summed E-state index contributed by atoms with van der Waals surface area (Å²) in [6.45, 7) is 7.02. The number of rotatable bonds is 4. The minimum Gasteiger partial charge on any atom is -0.396 e. The minimum absolute atomic E-state index is 0.110. The summed E-state index contributed by atoms with van der Waals surface area (Å²) in [6.07, 6.45) is 0.324. The molecule has 0 radical (unpaired) electrons. The number of nitrogens with one attached hydrogen (secondary N) is 1. The number of amides is 1. The average Bonchev–Trinajstić information content (AvgIpc) is 2.33. The Kier molecular flexibility index (Phi) is 5.22. The number of carbonyl (C=O) groups excluding carboxylic acids is 1. The minimum atomic E-state index is -0.887. The molecule has 0 spiro atoms. The molecule has 0 bridgehead atoms. The van der Waals surface area contributed by atoms with Crippen LogP contribution in [-0.2, 0) is 0 Å². The van der Waals surface area contributed by atoms with Gasteiger partial charge in [-0.05, 0) is 30.4 Å². The Morgan fingerprint density at radius 3 is 2.45 bits per heavy atom. The largest absolute Gasteiger partial charge is 0.396 e. The predicted octanol–water partition coefficient (Wildman–Crippen LogP) is 2.80. The first-order chi connectivity index (χ1) is 9.18. The standard InChI is InChI=1S/C15H21F2NO2/c1-9-5-6-10(16)12(13(9)17)14(20)18-11(7-8-19)15(2,3)4/h5-6,11,19H,7-8H2,1-4H3,(H,18,20). The Balaban J connectivity index is 3.04. The SMILES string of the molecule is Cc1ccc(F)c(C(=O)NC(CCO)C(C)(C)C)c1F. The van der Waals surface area contributed by atoms with Crippen LogP contribution in [0.4, 0.5) is 8.78 Å². The highest BCUT2D eigenvalue weighted by atomic mass is 19.1. The van der Waals surface area contributed by atoms with Crippen LogP contribution in [0.25, 0.3) is 0 Å². The maximum atomic E-state index is 13.9. The van der Waals surface area contributed by atoms with Crippen molar-refractivity contribution < 1.29 is 18.7 Å². The molecule has 1 rings (SSSR count). The Bertz CT molecular complexity index is 495. The van der Waals surface area contributed by atoms with Crippen molar-refractivity contribution >= 4 is 5.91 Å². The molecule has 0 saturated carbocycles. The Hall–Kier alpha value is -1.49. The quantitative estimate of drug-likeness (QED) is 0.893. The third-order valence-corrected chi connectivity index (χ3v) is 3.28. The third kappa shape index (κ3) is 3.76. The summed E-state index contributed by atoms with van der Waals surface area (Å²) in [6, 6.07) is 1.99. The molecule has 1 amide bonds. The van der Waals surface area contributed by atoms with Crippen molar-refractivity contribution in [3.8, 4) is 0 Å². The molecule has 5 heteroatoms. The van der Waals surface area contributed by atoms with Crippen molar-refractivity contribution in [2.75, 3.05) is 6.61 Å². The molecule has 1 aromatic rings. The van der Waals surface area contributed by atoms with Gasteiger partial charge in [0.25, 0.3) is 5.91 Å². The fraction of sp³-hybridized carbons (Fsp3) is 0.533. The van der Waals surface area contributed by atoms with Crippen LogP contribution in [0, 0.1) is 24.0 Å². The van der Waals surface area contributed by atoms with Gasteiger partial charge in [-0.2, -0.15) is 0 Å². The van der Waals surface area contributed by atoms with E-state index < -0.39 is 23.1 Å². The molecule has 3 nitrogen and oxygen atoms in total. The van der Waals surface area contributed by atoms with E-state index in [0.717, 1.165) is 6.07 Å². The summed E-state index contributed by atoms with van der Waals surface area (Å²) in [5.74, 6) is -2.53. The number of aliphatic hydroxyl groups excluding tert-OH is 1. The number of aliphatic hydroxyl groups is 1. The first kappa shape index (κ1) is 16.6. The number of hydrogen-bond donors (Lipinski definition) is 2. The van der Waals surface area contributed by atoms with Crippen LogP contribution >= 0.6 is 0 Å². The van der Waals surface area contributed by atoms with Crippen LogP contribution in [0.15, 0.2) is 12.1 Å². The fourth-order valence-corrected chi connectivity index (χ4v) is 1.95. The molecule has 1 unspecified atom stereocenters. The molecule has 1 atom stereocenters. The number of carbonyl (C=O) groups is 1. The van der Waals surface area contributed by atoms with E-state index in [1.165, 1.54) is 13.0 Å². The summed E-state index contributed by atoms with van der Waals surface area (Å²) in [5.41, 5.74) is -0.682. The monoisotopic (exact) mass is 285 g/mol. The fourth-order valence-electron chi connectivity index (χ4n) is 1.95. The van der Waals surface area contributed by atoms with Gasteiger partial charge in [0.15, 0.2) is 0 Å². The third-order valence-electron chi connectivity index (χ3n) is 3.28. The Morgan fingerprint density at radius 1 is 1.35 bits per heavy atom. The maximum absolute atomic E-state index is 13.9. The molecule has 0 aliphatic rings. The lowest BCUT2D eigenvalue weighted by molar-refractivity contribution is 0.0876. The van der Waals surface area contributed by atoms with Crippen LogP contribution in [0.5, 0.6) is 0 Å². The van der Waals surface area contributed by atoms with Crippen LogP contribution in [0.3, 0.4) is 0 Å². The maximum Gasteiger partial charge on any atom is 0.257 e. The van der Waals surface area contributed by atoms with E-state index in [2.05, 4.69) is 5.32 Å². The van der Waals surface area contributed by atoms with Crippen molar-refractivity contribution in [1.29, 1.82) is 0 Å². The van der Waals surface area contributed by atoms with E-state index in [-0.39, 0.29) is 23.6 Å². The van der Waals surface area contributed by atoms with Crippen LogP contribution in [0.1, 0.15) is 43.1 Å². The topological polar surface area (TPSA) is 49.3 Å². The van der Waals surface area contributed by atoms with E-state index >= 15 is 0 Å². The molecule has 20 heavy (non-hydrogen) atoms. The molecule has 0 aromatic heterocycles. The molecule has 0 aliphatic carbocycles. The molecule has 0 saturated heterocycles. The zero-order valence-electron chi connectivity index (χ0n) is 12.3. The first-order valence-electron chi connectivity index (χ1n) is 6.54. The van der Waals surface area contributed by atoms with Crippen molar-refractivity contribution in [2.24, 2.45) is 5.41 Å². The Labute approximate surface area is 118 Å². The summed E-state index contributed by atoms with van der Waals surface area (Å²) >= 11 is 0. The van der Waals surface area contributed by atoms with E-state index in [9.17, 15) is 13.6 Å². The average molecular weight is 285 g/mol. The van der Waals surface area contributed by atoms with E-state index in [0.29, 0.717) is 6.42 Å². The number of hydrogen-bond acceptors (Lipinski definition) is 2. The lowest BCUT2D eigenvalue weighted by atomic mass is 9.84. The van der Waals surface area contributed by atoms with E-state index in [1.54, 1.807) is 0 Å². The summed E-state index contributed by atoms with van der Waals surface area (Å²) < 4.78 is 27.6. The number of benzene rings is 1. The van der Waals surface area contributed by atoms with Gasteiger partial charge in [0.1, 0.15) is 17.2 Å². The summed E-state index contributed by atoms with van der Waals surface area (Å²) in [7, 11) is 0. The van der Waals surface area contributed by atoms with Crippen LogP contribution in [0.2, 0.25) is 0 Å². The normalized spacial score (nSPS) is 13.2. The zero-order valence-corrected chi connectivity index (χ0v) is 12.3. The first-order valence-corrected chi connectivity index (χ1v) is 6.54. The van der Waals surface area contributed by atoms with Gasteiger partial charge in [-0.15, -0.1) is 0 Å². The second kappa shape index (κ2) is 6.31. The van der Waals surface area contributed by atoms with Crippen LogP contribution < -0.4 is 5.32 Å². The van der Waals surface area contributed by atoms with Gasteiger partial charge < -0.3 is 10.4 Å². The van der Waals surface area contributed by atoms with Crippen molar-refractivity contribution in [1.82, 2.24) is 5.32 Å². The van der Waals surface area contributed by atoms with Crippen molar-refractivity contribution in [3.05, 3.63) is 34.9 Å². The van der Waals surface area contributed by atoms with Gasteiger partial charge in [-0.3, -0.25) is 4.79 Å². The van der Waals surface area contributed by atoms with Gasteiger partial charge in [0, 0.05) is 12.6 Å². The highest BCUT2D eigenvalue weighted by Gasteiger charge is 2.28. The zero-order chi connectivity index (χ0) is 15.5. The molecule has 2 N–H and O–H groups in total. The van der Waals surface area contributed by atoms with Crippen molar-refractivity contribution in [3.63, 3.8) is 0 Å². The number of halogens is 2. The van der Waals surface area contributed by atoms with Gasteiger partial charge in [-0.1, -0.05) is 26.8 Å². The lowest BCUT2D eigenvalue weighted by Crippen LogP contribution is -2.44. The molecular weight excluding hydrogens is 264 g/mol. The van der Waals surface area contributed by atoms with Gasteiger partial charge in [0.2, 0.25) is 0 Å². The second-order valence-electron chi connectivity index (χ2n) is 5.96. The van der Waals surface area contributed by atoms with Crippen LogP contribution in [-0.4, -0.2) is 23.7 Å². The van der Waals surface area contributed by atoms with Gasteiger partial charge >= 0.3 is 0 Å².